The van der Waals surface area contributed by atoms with Gasteiger partial charge in [0.15, 0.2) is 11.5 Å². The molecule has 0 aliphatic rings. The molecule has 4 heteroatoms. The molecule has 0 saturated heterocycles. The highest BCUT2D eigenvalue weighted by Crippen LogP contribution is 2.15. The number of benzene rings is 1. The van der Waals surface area contributed by atoms with Crippen molar-refractivity contribution in [3.8, 4) is 0 Å². The van der Waals surface area contributed by atoms with E-state index in [1.165, 1.54) is 0 Å². The molecule has 0 aliphatic carbocycles. The topological polar surface area (TPSA) is 34.7 Å². The van der Waals surface area contributed by atoms with Crippen molar-refractivity contribution in [3.63, 3.8) is 0 Å². The predicted octanol–water partition coefficient (Wildman–Crippen LogP) is 3.72. The highest BCUT2D eigenvalue weighted by Gasteiger charge is 2.10. The molecule has 2 aromatic rings. The van der Waals surface area contributed by atoms with Crippen LogP contribution in [0, 0.1) is 0 Å². The van der Waals surface area contributed by atoms with Gasteiger partial charge in [-0.3, -0.25) is 0 Å². The van der Waals surface area contributed by atoms with Gasteiger partial charge in [0.1, 0.15) is 6.61 Å². The summed E-state index contributed by atoms with van der Waals surface area (Å²) in [7, 11) is 0. The van der Waals surface area contributed by atoms with E-state index in [0.717, 1.165) is 5.56 Å². The average molecular weight is 250 g/mol. The Morgan fingerprint density at radius 3 is 2.65 bits per heavy atom. The maximum Gasteiger partial charge on any atom is 0.156 e. The lowest BCUT2D eigenvalue weighted by Crippen LogP contribution is -2.03. The minimum Gasteiger partial charge on any atom is -0.463 e. The van der Waals surface area contributed by atoms with Crippen molar-refractivity contribution in [2.75, 3.05) is 6.61 Å². The van der Waals surface area contributed by atoms with Gasteiger partial charge in [0, 0.05) is 10.6 Å². The van der Waals surface area contributed by atoms with Gasteiger partial charge < -0.3 is 9.25 Å². The van der Waals surface area contributed by atoms with Crippen LogP contribution < -0.4 is 0 Å². The second-order valence-electron chi connectivity index (χ2n) is 3.34. The summed E-state index contributed by atoms with van der Waals surface area (Å²) in [4.78, 5) is 5.10. The Bertz CT molecular complexity index is 489. The Kier molecular flexibility index (Phi) is 3.83. The monoisotopic (exact) mass is 249 g/mol. The Hall–Kier alpha value is -1.74. The van der Waals surface area contributed by atoms with Crippen LogP contribution in [0.1, 0.15) is 18.2 Å². The molecule has 0 saturated carbocycles. The molecular formula is C13H12ClNO2. The summed E-state index contributed by atoms with van der Waals surface area (Å²) in [5, 5.41) is 4.75. The quantitative estimate of drug-likeness (QED) is 0.611. The lowest BCUT2D eigenvalue weighted by Gasteiger charge is -2.03. The van der Waals surface area contributed by atoms with Crippen LogP contribution in [-0.4, -0.2) is 12.3 Å². The molecule has 1 aromatic heterocycles. The van der Waals surface area contributed by atoms with Crippen molar-refractivity contribution in [2.45, 2.75) is 6.92 Å². The largest absolute Gasteiger partial charge is 0.463 e. The minimum absolute atomic E-state index is 0.512. The van der Waals surface area contributed by atoms with Crippen LogP contribution >= 0.6 is 11.6 Å². The fourth-order valence-electron chi connectivity index (χ4n) is 1.39. The number of halogens is 1. The second-order valence-corrected chi connectivity index (χ2v) is 3.78. The first-order valence-corrected chi connectivity index (χ1v) is 5.69. The van der Waals surface area contributed by atoms with E-state index in [-0.39, 0.29) is 0 Å². The number of hydrogen-bond donors (Lipinski definition) is 0. The normalized spacial score (nSPS) is 11.5. The van der Waals surface area contributed by atoms with Crippen molar-refractivity contribution in [3.05, 3.63) is 59.0 Å². The molecule has 1 aromatic carbocycles. The van der Waals surface area contributed by atoms with Crippen molar-refractivity contribution in [1.82, 2.24) is 0 Å². The average Bonchev–Trinajstić information content (AvgIpc) is 2.85. The third kappa shape index (κ3) is 2.88. The first-order valence-electron chi connectivity index (χ1n) is 5.31. The smallest absolute Gasteiger partial charge is 0.156 e. The molecule has 0 atom stereocenters. The number of hydrogen-bond acceptors (Lipinski definition) is 3. The zero-order valence-electron chi connectivity index (χ0n) is 9.39. The SMILES string of the molecule is CCO/N=C(\c1ccc(Cl)cc1)c1ccco1. The van der Waals surface area contributed by atoms with Crippen molar-refractivity contribution >= 4 is 17.3 Å². The molecule has 0 spiro atoms. The predicted molar refractivity (Wildman–Crippen MR) is 67.4 cm³/mol. The van der Waals surface area contributed by atoms with E-state index in [4.69, 9.17) is 20.9 Å². The Labute approximate surface area is 105 Å². The van der Waals surface area contributed by atoms with Gasteiger partial charge in [-0.1, -0.05) is 28.9 Å². The second kappa shape index (κ2) is 5.55. The molecule has 0 unspecified atom stereocenters. The molecule has 0 N–H and O–H groups in total. The molecule has 0 bridgehead atoms. The highest BCUT2D eigenvalue weighted by atomic mass is 35.5. The molecule has 2 rings (SSSR count). The standard InChI is InChI=1S/C13H12ClNO2/c1-2-17-15-13(12-4-3-9-16-12)10-5-7-11(14)8-6-10/h3-9H,2H2,1H3/b15-13+. The molecule has 0 radical (unpaired) electrons. The van der Waals surface area contributed by atoms with E-state index in [1.54, 1.807) is 18.4 Å². The minimum atomic E-state index is 0.512. The zero-order valence-corrected chi connectivity index (χ0v) is 10.1. The number of nitrogens with zero attached hydrogens (tertiary/aromatic N) is 1. The van der Waals surface area contributed by atoms with E-state index in [9.17, 15) is 0 Å². The van der Waals surface area contributed by atoms with Crippen LogP contribution in [0.25, 0.3) is 0 Å². The third-order valence-electron chi connectivity index (χ3n) is 2.16. The third-order valence-corrected chi connectivity index (χ3v) is 2.41. The lowest BCUT2D eigenvalue weighted by atomic mass is 10.1. The van der Waals surface area contributed by atoms with Gasteiger partial charge in [-0.2, -0.15) is 0 Å². The molecule has 88 valence electrons. The van der Waals surface area contributed by atoms with Gasteiger partial charge in [-0.25, -0.2) is 0 Å². The summed E-state index contributed by atoms with van der Waals surface area (Å²) in [6.07, 6.45) is 1.60. The first-order chi connectivity index (χ1) is 8.31. The van der Waals surface area contributed by atoms with Gasteiger partial charge in [0.05, 0.1) is 6.26 Å². The molecule has 1 heterocycles. The van der Waals surface area contributed by atoms with Crippen LogP contribution in [0.3, 0.4) is 0 Å². The van der Waals surface area contributed by atoms with Crippen LogP contribution in [0.15, 0.2) is 52.2 Å². The van der Waals surface area contributed by atoms with Crippen molar-refractivity contribution < 1.29 is 9.25 Å². The van der Waals surface area contributed by atoms with Gasteiger partial charge in [0.25, 0.3) is 0 Å². The van der Waals surface area contributed by atoms with E-state index in [2.05, 4.69) is 5.16 Å². The van der Waals surface area contributed by atoms with E-state index in [0.29, 0.717) is 23.1 Å². The lowest BCUT2D eigenvalue weighted by molar-refractivity contribution is 0.159. The fraction of sp³-hybridized carbons (Fsp3) is 0.154. The molecule has 0 fully saturated rings. The maximum atomic E-state index is 5.85. The number of rotatable bonds is 4. The summed E-state index contributed by atoms with van der Waals surface area (Å²) in [5.74, 6) is 0.667. The summed E-state index contributed by atoms with van der Waals surface area (Å²) in [5.41, 5.74) is 1.56. The molecule has 17 heavy (non-hydrogen) atoms. The Morgan fingerprint density at radius 2 is 2.06 bits per heavy atom. The van der Waals surface area contributed by atoms with Crippen molar-refractivity contribution in [2.24, 2.45) is 5.16 Å². The number of oxime groups is 1. The summed E-state index contributed by atoms with van der Waals surface area (Å²) in [6.45, 7) is 2.39. The number of furan rings is 1. The van der Waals surface area contributed by atoms with Crippen LogP contribution in [0.5, 0.6) is 0 Å². The van der Waals surface area contributed by atoms with Crippen LogP contribution in [0.4, 0.5) is 0 Å². The summed E-state index contributed by atoms with van der Waals surface area (Å²) < 4.78 is 5.33. The van der Waals surface area contributed by atoms with Crippen molar-refractivity contribution in [1.29, 1.82) is 0 Å². The van der Waals surface area contributed by atoms with Gasteiger partial charge in [0.2, 0.25) is 0 Å². The zero-order chi connectivity index (χ0) is 12.1. The van der Waals surface area contributed by atoms with E-state index >= 15 is 0 Å². The fourth-order valence-corrected chi connectivity index (χ4v) is 1.52. The Balaban J connectivity index is 2.37. The van der Waals surface area contributed by atoms with E-state index < -0.39 is 0 Å². The van der Waals surface area contributed by atoms with Gasteiger partial charge >= 0.3 is 0 Å². The van der Waals surface area contributed by atoms with E-state index in [1.807, 2.05) is 31.2 Å². The highest BCUT2D eigenvalue weighted by molar-refractivity contribution is 6.30. The molecule has 3 nitrogen and oxygen atoms in total. The molecular weight excluding hydrogens is 238 g/mol. The van der Waals surface area contributed by atoms with Crippen LogP contribution in [-0.2, 0) is 4.84 Å². The maximum absolute atomic E-state index is 5.85. The molecule has 0 aliphatic heterocycles. The van der Waals surface area contributed by atoms with Gasteiger partial charge in [-0.15, -0.1) is 0 Å². The summed E-state index contributed by atoms with van der Waals surface area (Å²) >= 11 is 5.85. The van der Waals surface area contributed by atoms with Gasteiger partial charge in [-0.05, 0) is 31.2 Å². The molecule has 0 amide bonds. The van der Waals surface area contributed by atoms with Crippen LogP contribution in [0.2, 0.25) is 5.02 Å². The summed E-state index contributed by atoms with van der Waals surface area (Å²) in [6, 6.07) is 11.0. The first kappa shape index (κ1) is 11.7. The Morgan fingerprint density at radius 1 is 1.29 bits per heavy atom.